The Bertz CT molecular complexity index is 645. The maximum absolute atomic E-state index is 11.5. The quantitative estimate of drug-likeness (QED) is 0.829. The van der Waals surface area contributed by atoms with Gasteiger partial charge in [0, 0.05) is 17.5 Å². The molecular formula is C17H20N2O2S. The number of carbonyl (C=O) groups excluding carboxylic acids is 1. The Kier molecular flexibility index (Phi) is 5.72. The zero-order chi connectivity index (χ0) is 15.9. The van der Waals surface area contributed by atoms with Crippen LogP contribution in [-0.2, 0) is 11.4 Å². The van der Waals surface area contributed by atoms with Gasteiger partial charge in [0.25, 0.3) is 0 Å². The van der Waals surface area contributed by atoms with E-state index in [0.29, 0.717) is 6.61 Å². The number of rotatable bonds is 6. The maximum atomic E-state index is 11.5. The largest absolute Gasteiger partial charge is 0.487 e. The average Bonchev–Trinajstić information content (AvgIpc) is 2.89. The monoisotopic (exact) mass is 316 g/mol. The summed E-state index contributed by atoms with van der Waals surface area (Å²) in [5, 5.41) is 5.85. The van der Waals surface area contributed by atoms with Gasteiger partial charge >= 0.3 is 0 Å². The van der Waals surface area contributed by atoms with Crippen LogP contribution in [0, 0.1) is 6.92 Å². The Morgan fingerprint density at radius 3 is 2.68 bits per heavy atom. The molecule has 22 heavy (non-hydrogen) atoms. The molecule has 1 aromatic heterocycles. The molecule has 2 rings (SSSR count). The lowest BCUT2D eigenvalue weighted by Crippen LogP contribution is -2.28. The second-order valence-corrected chi connectivity index (χ2v) is 6.27. The SMILES string of the molecule is Cc1nc(COc2ccc(/C=C/C(=O)NC(C)C)cc2)cs1. The van der Waals surface area contributed by atoms with Crippen LogP contribution in [-0.4, -0.2) is 16.9 Å². The van der Waals surface area contributed by atoms with Gasteiger partial charge in [-0.1, -0.05) is 12.1 Å². The molecular weight excluding hydrogens is 296 g/mol. The zero-order valence-electron chi connectivity index (χ0n) is 13.0. The van der Waals surface area contributed by atoms with Gasteiger partial charge in [-0.3, -0.25) is 4.79 Å². The number of hydrogen-bond acceptors (Lipinski definition) is 4. The molecule has 0 radical (unpaired) electrons. The van der Waals surface area contributed by atoms with Gasteiger partial charge in [0.1, 0.15) is 12.4 Å². The molecule has 0 aliphatic carbocycles. The summed E-state index contributed by atoms with van der Waals surface area (Å²) in [4.78, 5) is 15.9. The first kappa shape index (κ1) is 16.2. The molecule has 0 saturated carbocycles. The van der Waals surface area contributed by atoms with Gasteiger partial charge < -0.3 is 10.1 Å². The molecule has 1 N–H and O–H groups in total. The summed E-state index contributed by atoms with van der Waals surface area (Å²) < 4.78 is 5.68. The summed E-state index contributed by atoms with van der Waals surface area (Å²) in [6.07, 6.45) is 3.32. The average molecular weight is 316 g/mol. The van der Waals surface area contributed by atoms with Crippen molar-refractivity contribution in [3.05, 3.63) is 52.0 Å². The van der Waals surface area contributed by atoms with Crippen molar-refractivity contribution in [2.75, 3.05) is 0 Å². The van der Waals surface area contributed by atoms with Gasteiger partial charge in [0.2, 0.25) is 5.91 Å². The summed E-state index contributed by atoms with van der Waals surface area (Å²) in [5.41, 5.74) is 1.90. The van der Waals surface area contributed by atoms with E-state index in [1.54, 1.807) is 17.4 Å². The third-order valence-electron chi connectivity index (χ3n) is 2.79. The maximum Gasteiger partial charge on any atom is 0.244 e. The molecule has 0 aliphatic rings. The first-order valence-electron chi connectivity index (χ1n) is 7.15. The smallest absolute Gasteiger partial charge is 0.244 e. The number of amides is 1. The number of hydrogen-bond donors (Lipinski definition) is 1. The second kappa shape index (κ2) is 7.75. The number of aromatic nitrogens is 1. The zero-order valence-corrected chi connectivity index (χ0v) is 13.8. The first-order valence-corrected chi connectivity index (χ1v) is 8.03. The Hall–Kier alpha value is -2.14. The van der Waals surface area contributed by atoms with Gasteiger partial charge in [0.15, 0.2) is 0 Å². The highest BCUT2D eigenvalue weighted by Gasteiger charge is 2.00. The summed E-state index contributed by atoms with van der Waals surface area (Å²) in [6.45, 7) is 6.31. The molecule has 0 spiro atoms. The summed E-state index contributed by atoms with van der Waals surface area (Å²) in [6, 6.07) is 7.75. The Morgan fingerprint density at radius 1 is 1.36 bits per heavy atom. The number of nitrogens with one attached hydrogen (secondary N) is 1. The molecule has 0 bridgehead atoms. The third kappa shape index (κ3) is 5.33. The van der Waals surface area contributed by atoms with Crippen LogP contribution in [0.15, 0.2) is 35.7 Å². The Morgan fingerprint density at radius 2 is 2.09 bits per heavy atom. The van der Waals surface area contributed by atoms with Crippen molar-refractivity contribution >= 4 is 23.3 Å². The lowest BCUT2D eigenvalue weighted by Gasteiger charge is -2.05. The normalized spacial score (nSPS) is 11.1. The third-order valence-corrected chi connectivity index (χ3v) is 3.61. The second-order valence-electron chi connectivity index (χ2n) is 5.21. The fourth-order valence-corrected chi connectivity index (χ4v) is 2.41. The van der Waals surface area contributed by atoms with Crippen LogP contribution < -0.4 is 10.1 Å². The molecule has 1 aromatic carbocycles. The minimum Gasteiger partial charge on any atom is -0.487 e. The van der Waals surface area contributed by atoms with Gasteiger partial charge in [-0.25, -0.2) is 4.98 Å². The van der Waals surface area contributed by atoms with Crippen molar-refractivity contribution < 1.29 is 9.53 Å². The number of ether oxygens (including phenoxy) is 1. The number of carbonyl (C=O) groups is 1. The van der Waals surface area contributed by atoms with Gasteiger partial charge in [0.05, 0.1) is 10.7 Å². The van der Waals surface area contributed by atoms with Crippen LogP contribution in [0.3, 0.4) is 0 Å². The van der Waals surface area contributed by atoms with Crippen LogP contribution in [0.1, 0.15) is 30.1 Å². The standard InChI is InChI=1S/C17H20N2O2S/c1-12(2)18-17(20)9-6-14-4-7-16(8-5-14)21-10-15-11-22-13(3)19-15/h4-9,11-12H,10H2,1-3H3,(H,18,20)/b9-6+. The van der Waals surface area contributed by atoms with E-state index in [9.17, 15) is 4.79 Å². The highest BCUT2D eigenvalue weighted by Crippen LogP contribution is 2.16. The number of nitrogens with zero attached hydrogens (tertiary/aromatic N) is 1. The van der Waals surface area contributed by atoms with Crippen LogP contribution in [0.2, 0.25) is 0 Å². The summed E-state index contributed by atoms with van der Waals surface area (Å²) in [5.74, 6) is 0.698. The fraction of sp³-hybridized carbons (Fsp3) is 0.294. The molecule has 5 heteroatoms. The van der Waals surface area contributed by atoms with E-state index >= 15 is 0 Å². The van der Waals surface area contributed by atoms with Crippen LogP contribution >= 0.6 is 11.3 Å². The van der Waals surface area contributed by atoms with Gasteiger partial charge in [-0.15, -0.1) is 11.3 Å². The van der Waals surface area contributed by atoms with Crippen molar-refractivity contribution in [2.24, 2.45) is 0 Å². The predicted molar refractivity (Wildman–Crippen MR) is 89.9 cm³/mol. The van der Waals surface area contributed by atoms with E-state index in [1.807, 2.05) is 50.4 Å². The van der Waals surface area contributed by atoms with Crippen molar-refractivity contribution in [2.45, 2.75) is 33.4 Å². The van der Waals surface area contributed by atoms with E-state index in [0.717, 1.165) is 22.0 Å². The van der Waals surface area contributed by atoms with E-state index in [2.05, 4.69) is 10.3 Å². The Balaban J connectivity index is 1.87. The topological polar surface area (TPSA) is 51.2 Å². The molecule has 1 amide bonds. The predicted octanol–water partition coefficient (Wildman–Crippen LogP) is 3.57. The molecule has 0 fully saturated rings. The van der Waals surface area contributed by atoms with Crippen molar-refractivity contribution in [3.63, 3.8) is 0 Å². The van der Waals surface area contributed by atoms with E-state index in [4.69, 9.17) is 4.74 Å². The minimum absolute atomic E-state index is 0.0887. The molecule has 1 heterocycles. The molecule has 0 saturated heterocycles. The molecule has 0 unspecified atom stereocenters. The first-order chi connectivity index (χ1) is 10.5. The molecule has 0 aliphatic heterocycles. The van der Waals surface area contributed by atoms with Crippen LogP contribution in [0.5, 0.6) is 5.75 Å². The van der Waals surface area contributed by atoms with E-state index in [1.165, 1.54) is 6.08 Å². The highest BCUT2D eigenvalue weighted by molar-refractivity contribution is 7.09. The highest BCUT2D eigenvalue weighted by atomic mass is 32.1. The molecule has 116 valence electrons. The summed E-state index contributed by atoms with van der Waals surface area (Å²) in [7, 11) is 0. The van der Waals surface area contributed by atoms with Crippen LogP contribution in [0.25, 0.3) is 6.08 Å². The number of thiazole rings is 1. The summed E-state index contributed by atoms with van der Waals surface area (Å²) >= 11 is 1.62. The molecule has 2 aromatic rings. The van der Waals surface area contributed by atoms with Crippen molar-refractivity contribution in [3.8, 4) is 5.75 Å². The lowest BCUT2D eigenvalue weighted by atomic mass is 10.2. The molecule has 0 atom stereocenters. The number of aryl methyl sites for hydroxylation is 1. The fourth-order valence-electron chi connectivity index (χ4n) is 1.81. The van der Waals surface area contributed by atoms with Crippen LogP contribution in [0.4, 0.5) is 0 Å². The lowest BCUT2D eigenvalue weighted by molar-refractivity contribution is -0.116. The molecule has 4 nitrogen and oxygen atoms in total. The van der Waals surface area contributed by atoms with Crippen molar-refractivity contribution in [1.29, 1.82) is 0 Å². The Labute approximate surface area is 134 Å². The van der Waals surface area contributed by atoms with E-state index < -0.39 is 0 Å². The van der Waals surface area contributed by atoms with E-state index in [-0.39, 0.29) is 11.9 Å². The number of benzene rings is 1. The van der Waals surface area contributed by atoms with Gasteiger partial charge in [-0.2, -0.15) is 0 Å². The minimum atomic E-state index is -0.0887. The van der Waals surface area contributed by atoms with Gasteiger partial charge in [-0.05, 0) is 44.5 Å². The van der Waals surface area contributed by atoms with Crippen molar-refractivity contribution in [1.82, 2.24) is 10.3 Å².